The molecule has 1 N–H and O–H groups in total. The number of amides is 1. The summed E-state index contributed by atoms with van der Waals surface area (Å²) in [4.78, 5) is 18.8. The quantitative estimate of drug-likeness (QED) is 0.612. The molecule has 1 aliphatic heterocycles. The molecule has 0 fully saturated rings. The van der Waals surface area contributed by atoms with E-state index in [1.807, 2.05) is 24.0 Å². The Hall–Kier alpha value is -2.81. The average molecular weight is 358 g/mol. The summed E-state index contributed by atoms with van der Waals surface area (Å²) in [6.07, 6.45) is 0. The maximum absolute atomic E-state index is 13.1. The molecule has 0 radical (unpaired) electrons. The number of benzene rings is 2. The first-order valence-electron chi connectivity index (χ1n) is 9.47. The summed E-state index contributed by atoms with van der Waals surface area (Å²) in [5.74, 6) is 0.134. The first-order valence-corrected chi connectivity index (χ1v) is 9.47. The standard InChI is InChI=1S/C24H26N2O/c1-15-16(2)23(27)26(24(3,4)5)22(15)20-18-13-9-10-14-19(18)25-21(20)17-11-7-6-8-12-17/h6-14,22,25H,1-5H3/t22-/m0/s1. The lowest BCUT2D eigenvalue weighted by atomic mass is 9.91. The van der Waals surface area contributed by atoms with Crippen LogP contribution in [0.25, 0.3) is 22.2 Å². The van der Waals surface area contributed by atoms with E-state index in [0.717, 1.165) is 27.9 Å². The minimum atomic E-state index is -0.271. The van der Waals surface area contributed by atoms with E-state index < -0.39 is 0 Å². The van der Waals surface area contributed by atoms with Crippen molar-refractivity contribution in [3.63, 3.8) is 0 Å². The molecule has 0 aliphatic carbocycles. The second-order valence-electron chi connectivity index (χ2n) is 8.38. The van der Waals surface area contributed by atoms with Crippen LogP contribution in [0.4, 0.5) is 0 Å². The number of H-pyrrole nitrogens is 1. The van der Waals surface area contributed by atoms with E-state index >= 15 is 0 Å². The number of nitrogens with zero attached hydrogens (tertiary/aromatic N) is 1. The monoisotopic (exact) mass is 358 g/mol. The van der Waals surface area contributed by atoms with Crippen molar-refractivity contribution < 1.29 is 4.79 Å². The molecular formula is C24H26N2O. The van der Waals surface area contributed by atoms with Gasteiger partial charge < -0.3 is 9.88 Å². The molecule has 3 heteroatoms. The fraction of sp³-hybridized carbons (Fsp3) is 0.292. The molecule has 1 amide bonds. The summed E-state index contributed by atoms with van der Waals surface area (Å²) >= 11 is 0. The third-order valence-corrected chi connectivity index (χ3v) is 5.60. The summed E-state index contributed by atoms with van der Waals surface area (Å²) in [6, 6.07) is 18.7. The van der Waals surface area contributed by atoms with Gasteiger partial charge in [-0.1, -0.05) is 48.5 Å². The van der Waals surface area contributed by atoms with Crippen molar-refractivity contribution in [1.29, 1.82) is 0 Å². The van der Waals surface area contributed by atoms with Crippen LogP contribution < -0.4 is 0 Å². The van der Waals surface area contributed by atoms with Gasteiger partial charge in [-0.25, -0.2) is 0 Å². The molecule has 0 bridgehead atoms. The van der Waals surface area contributed by atoms with Gasteiger partial charge in [-0.2, -0.15) is 0 Å². The van der Waals surface area contributed by atoms with Gasteiger partial charge >= 0.3 is 0 Å². The Morgan fingerprint density at radius 1 is 0.926 bits per heavy atom. The molecule has 2 heterocycles. The number of aromatic nitrogens is 1. The Morgan fingerprint density at radius 3 is 2.22 bits per heavy atom. The molecule has 138 valence electrons. The number of rotatable bonds is 2. The number of para-hydroxylation sites is 1. The van der Waals surface area contributed by atoms with Crippen LogP contribution in [0.1, 0.15) is 46.2 Å². The van der Waals surface area contributed by atoms with Crippen LogP contribution in [-0.4, -0.2) is 21.3 Å². The maximum Gasteiger partial charge on any atom is 0.250 e. The van der Waals surface area contributed by atoms with Gasteiger partial charge in [0.2, 0.25) is 0 Å². The molecule has 4 rings (SSSR count). The summed E-state index contributed by atoms with van der Waals surface area (Å²) in [7, 11) is 0. The summed E-state index contributed by atoms with van der Waals surface area (Å²) in [6.45, 7) is 10.4. The van der Waals surface area contributed by atoms with Crippen molar-refractivity contribution in [2.75, 3.05) is 0 Å². The first kappa shape index (κ1) is 17.6. The molecule has 0 saturated heterocycles. The highest BCUT2D eigenvalue weighted by Crippen LogP contribution is 2.47. The molecule has 1 aromatic heterocycles. The lowest BCUT2D eigenvalue weighted by Crippen LogP contribution is -2.45. The van der Waals surface area contributed by atoms with Gasteiger partial charge in [-0.15, -0.1) is 0 Å². The fourth-order valence-corrected chi connectivity index (χ4v) is 4.18. The highest BCUT2D eigenvalue weighted by molar-refractivity contribution is 6.00. The Balaban J connectivity index is 2.04. The van der Waals surface area contributed by atoms with Crippen LogP contribution in [-0.2, 0) is 4.79 Å². The summed E-state index contributed by atoms with van der Waals surface area (Å²) in [5.41, 5.74) is 6.25. The zero-order valence-corrected chi connectivity index (χ0v) is 16.6. The molecule has 0 saturated carbocycles. The zero-order valence-electron chi connectivity index (χ0n) is 16.6. The van der Waals surface area contributed by atoms with E-state index in [2.05, 4.69) is 75.1 Å². The van der Waals surface area contributed by atoms with Gasteiger partial charge in [-0.3, -0.25) is 4.79 Å². The lowest BCUT2D eigenvalue weighted by molar-refractivity contribution is -0.131. The van der Waals surface area contributed by atoms with E-state index in [9.17, 15) is 4.79 Å². The van der Waals surface area contributed by atoms with Crippen LogP contribution in [0.15, 0.2) is 65.7 Å². The predicted molar refractivity (Wildman–Crippen MR) is 111 cm³/mol. The minimum Gasteiger partial charge on any atom is -0.354 e. The molecule has 3 nitrogen and oxygen atoms in total. The van der Waals surface area contributed by atoms with Crippen molar-refractivity contribution in [1.82, 2.24) is 9.88 Å². The number of hydrogen-bond donors (Lipinski definition) is 1. The maximum atomic E-state index is 13.1. The Labute approximate surface area is 160 Å². The Kier molecular flexibility index (Phi) is 3.99. The van der Waals surface area contributed by atoms with E-state index in [4.69, 9.17) is 0 Å². The van der Waals surface area contributed by atoms with E-state index in [0.29, 0.717) is 0 Å². The molecule has 0 spiro atoms. The molecule has 0 unspecified atom stereocenters. The number of aromatic amines is 1. The topological polar surface area (TPSA) is 36.1 Å². The van der Waals surface area contributed by atoms with Gasteiger partial charge in [0.15, 0.2) is 0 Å². The van der Waals surface area contributed by atoms with Crippen LogP contribution in [0.2, 0.25) is 0 Å². The SMILES string of the molecule is CC1=C(C)[C@@H](c2c(-c3ccccc3)[nH]c3ccccc23)N(C(C)(C)C)C1=O. The van der Waals surface area contributed by atoms with Crippen LogP contribution in [0.3, 0.4) is 0 Å². The van der Waals surface area contributed by atoms with Crippen LogP contribution in [0.5, 0.6) is 0 Å². The third-order valence-electron chi connectivity index (χ3n) is 5.60. The molecule has 3 aromatic rings. The lowest BCUT2D eigenvalue weighted by Gasteiger charge is -2.38. The van der Waals surface area contributed by atoms with E-state index in [1.54, 1.807) is 0 Å². The number of carbonyl (C=O) groups excluding carboxylic acids is 1. The highest BCUT2D eigenvalue weighted by Gasteiger charge is 2.43. The minimum absolute atomic E-state index is 0.0659. The van der Waals surface area contributed by atoms with E-state index in [-0.39, 0.29) is 17.5 Å². The fourth-order valence-electron chi connectivity index (χ4n) is 4.18. The van der Waals surface area contributed by atoms with Crippen molar-refractivity contribution in [2.45, 2.75) is 46.2 Å². The van der Waals surface area contributed by atoms with Gasteiger partial charge in [0.05, 0.1) is 11.7 Å². The molecule has 27 heavy (non-hydrogen) atoms. The second kappa shape index (κ2) is 6.12. The molecule has 2 aromatic carbocycles. The number of carbonyl (C=O) groups is 1. The van der Waals surface area contributed by atoms with Crippen molar-refractivity contribution in [3.8, 4) is 11.3 Å². The van der Waals surface area contributed by atoms with Crippen molar-refractivity contribution >= 4 is 16.8 Å². The van der Waals surface area contributed by atoms with Gasteiger partial charge in [0.1, 0.15) is 0 Å². The first-order chi connectivity index (χ1) is 12.8. The second-order valence-corrected chi connectivity index (χ2v) is 8.38. The number of fused-ring (bicyclic) bond motifs is 1. The molecular weight excluding hydrogens is 332 g/mol. The summed E-state index contributed by atoms with van der Waals surface area (Å²) < 4.78 is 0. The zero-order chi connectivity index (χ0) is 19.3. The van der Waals surface area contributed by atoms with Gasteiger partial charge in [-0.05, 0) is 51.8 Å². The van der Waals surface area contributed by atoms with Crippen LogP contribution >= 0.6 is 0 Å². The summed E-state index contributed by atoms with van der Waals surface area (Å²) in [5, 5.41) is 1.18. The Morgan fingerprint density at radius 2 is 1.56 bits per heavy atom. The highest BCUT2D eigenvalue weighted by atomic mass is 16.2. The van der Waals surface area contributed by atoms with E-state index in [1.165, 1.54) is 10.9 Å². The predicted octanol–water partition coefficient (Wildman–Crippen LogP) is 5.85. The smallest absolute Gasteiger partial charge is 0.250 e. The number of hydrogen-bond acceptors (Lipinski definition) is 1. The van der Waals surface area contributed by atoms with Crippen molar-refractivity contribution in [2.24, 2.45) is 0 Å². The largest absolute Gasteiger partial charge is 0.354 e. The number of nitrogens with one attached hydrogen (secondary N) is 1. The van der Waals surface area contributed by atoms with Gasteiger partial charge in [0, 0.05) is 27.6 Å². The van der Waals surface area contributed by atoms with Gasteiger partial charge in [0.25, 0.3) is 5.91 Å². The molecule has 1 atom stereocenters. The normalized spacial score (nSPS) is 18.0. The van der Waals surface area contributed by atoms with Crippen molar-refractivity contribution in [3.05, 3.63) is 71.3 Å². The third kappa shape index (κ3) is 2.69. The average Bonchev–Trinajstić information content (AvgIpc) is 3.13. The molecule has 1 aliphatic rings. The van der Waals surface area contributed by atoms with Crippen LogP contribution in [0, 0.1) is 0 Å². The Bertz CT molecular complexity index is 1050.